The SMILES string of the molecule is COCN1C(=O)[C@@](O)(c2oc([C@H](NC(=O)OC(C)(C)C)C(C)C)nc2COCc2ccccc2)c2cccc(Br)c21. The van der Waals surface area contributed by atoms with E-state index in [0.717, 1.165) is 5.56 Å². The lowest BCUT2D eigenvalue weighted by Crippen LogP contribution is -2.42. The summed E-state index contributed by atoms with van der Waals surface area (Å²) in [6.45, 7) is 9.21. The number of methoxy groups -OCH3 is 1. The highest BCUT2D eigenvalue weighted by Crippen LogP contribution is 2.49. The smallest absolute Gasteiger partial charge is 0.408 e. The molecule has 0 bridgehead atoms. The number of alkyl carbamates (subject to hydrolysis) is 1. The van der Waals surface area contributed by atoms with E-state index in [2.05, 4.69) is 26.2 Å². The minimum Gasteiger partial charge on any atom is -0.444 e. The molecule has 0 unspecified atom stereocenters. The maximum Gasteiger partial charge on any atom is 0.408 e. The van der Waals surface area contributed by atoms with Crippen molar-refractivity contribution in [1.29, 1.82) is 0 Å². The predicted octanol–water partition coefficient (Wildman–Crippen LogP) is 5.56. The molecule has 1 aliphatic rings. The standard InChI is InChI=1S/C30H36BrN3O7/c1-18(2)23(33-28(36)41-29(3,4)5)26-32-22(16-39-15-19-11-8-7-9-12-19)25(40-26)30(37)20-13-10-14-21(31)24(20)34(17-38-6)27(30)35/h7-14,18,23,37H,15-17H2,1-6H3,(H,33,36)/t23-,30+/m1/s1. The van der Waals surface area contributed by atoms with E-state index in [1.165, 1.54) is 12.0 Å². The average molecular weight is 631 g/mol. The Kier molecular flexibility index (Phi) is 9.22. The molecule has 0 radical (unpaired) electrons. The average Bonchev–Trinajstić information content (AvgIpc) is 3.41. The Morgan fingerprint density at radius 1 is 1.15 bits per heavy atom. The van der Waals surface area contributed by atoms with Gasteiger partial charge in [0.05, 0.1) is 18.9 Å². The van der Waals surface area contributed by atoms with Crippen molar-refractivity contribution in [3.8, 4) is 0 Å². The number of carbonyl (C=O) groups is 2. The van der Waals surface area contributed by atoms with Gasteiger partial charge in [0.2, 0.25) is 11.5 Å². The first-order chi connectivity index (χ1) is 19.4. The molecule has 1 aromatic heterocycles. The van der Waals surface area contributed by atoms with E-state index in [0.29, 0.717) is 15.7 Å². The Morgan fingerprint density at radius 2 is 1.85 bits per heavy atom. The van der Waals surface area contributed by atoms with Crippen molar-refractivity contribution in [1.82, 2.24) is 10.3 Å². The molecule has 2 aromatic carbocycles. The van der Waals surface area contributed by atoms with Gasteiger partial charge in [0.1, 0.15) is 24.1 Å². The van der Waals surface area contributed by atoms with Crippen LogP contribution in [0.1, 0.15) is 69.1 Å². The van der Waals surface area contributed by atoms with Gasteiger partial charge < -0.3 is 29.1 Å². The molecule has 220 valence electrons. The molecule has 3 aromatic rings. The monoisotopic (exact) mass is 629 g/mol. The van der Waals surface area contributed by atoms with E-state index in [1.54, 1.807) is 39.0 Å². The third-order valence-electron chi connectivity index (χ3n) is 6.46. The summed E-state index contributed by atoms with van der Waals surface area (Å²) >= 11 is 3.50. The Balaban J connectivity index is 1.78. The number of benzene rings is 2. The Hall–Kier alpha value is -3.25. The summed E-state index contributed by atoms with van der Waals surface area (Å²) in [5.74, 6) is -0.802. The summed E-state index contributed by atoms with van der Waals surface area (Å²) in [6.07, 6.45) is -0.644. The van der Waals surface area contributed by atoms with Crippen molar-refractivity contribution in [2.45, 2.75) is 65.1 Å². The fraction of sp³-hybridized carbons (Fsp3) is 0.433. The zero-order valence-corrected chi connectivity index (χ0v) is 25.6. The van der Waals surface area contributed by atoms with E-state index in [-0.39, 0.29) is 43.2 Å². The number of anilines is 1. The highest BCUT2D eigenvalue weighted by molar-refractivity contribution is 9.10. The maximum atomic E-state index is 13.9. The number of aliphatic hydroxyl groups is 1. The number of carbonyl (C=O) groups excluding carboxylic acids is 2. The van der Waals surface area contributed by atoms with Crippen molar-refractivity contribution in [2.24, 2.45) is 5.92 Å². The topological polar surface area (TPSA) is 123 Å². The van der Waals surface area contributed by atoms with E-state index < -0.39 is 29.2 Å². The lowest BCUT2D eigenvalue weighted by molar-refractivity contribution is -0.134. The second kappa shape index (κ2) is 12.3. The lowest BCUT2D eigenvalue weighted by atomic mass is 9.91. The van der Waals surface area contributed by atoms with Gasteiger partial charge in [-0.2, -0.15) is 0 Å². The van der Waals surface area contributed by atoms with Crippen molar-refractivity contribution in [3.05, 3.63) is 81.5 Å². The molecular weight excluding hydrogens is 594 g/mol. The molecule has 2 atom stereocenters. The number of para-hydroxylation sites is 1. The summed E-state index contributed by atoms with van der Waals surface area (Å²) in [5.41, 5.74) is -0.988. The van der Waals surface area contributed by atoms with Crippen LogP contribution in [0.15, 0.2) is 57.4 Å². The summed E-state index contributed by atoms with van der Waals surface area (Å²) in [7, 11) is 1.46. The number of oxazole rings is 1. The molecule has 0 spiro atoms. The molecule has 2 N–H and O–H groups in total. The largest absolute Gasteiger partial charge is 0.444 e. The summed E-state index contributed by atoms with van der Waals surface area (Å²) < 4.78 is 23.5. The van der Waals surface area contributed by atoms with Gasteiger partial charge in [-0.15, -0.1) is 0 Å². The minimum absolute atomic E-state index is 0.0613. The molecule has 1 aliphatic heterocycles. The van der Waals surface area contributed by atoms with Crippen molar-refractivity contribution >= 4 is 33.6 Å². The Morgan fingerprint density at radius 3 is 2.49 bits per heavy atom. The quantitative estimate of drug-likeness (QED) is 0.299. The second-order valence-electron chi connectivity index (χ2n) is 11.2. The van der Waals surface area contributed by atoms with Crippen LogP contribution in [-0.2, 0) is 37.8 Å². The number of ether oxygens (including phenoxy) is 3. The van der Waals surface area contributed by atoms with Crippen LogP contribution >= 0.6 is 15.9 Å². The van der Waals surface area contributed by atoms with Gasteiger partial charge in [-0.05, 0) is 54.2 Å². The number of nitrogens with zero attached hydrogens (tertiary/aromatic N) is 2. The van der Waals surface area contributed by atoms with Gasteiger partial charge in [0, 0.05) is 17.1 Å². The fourth-order valence-electron chi connectivity index (χ4n) is 4.64. The van der Waals surface area contributed by atoms with Crippen molar-refractivity contribution < 1.29 is 33.3 Å². The van der Waals surface area contributed by atoms with E-state index in [4.69, 9.17) is 18.6 Å². The molecule has 2 amide bonds. The molecule has 0 aliphatic carbocycles. The van der Waals surface area contributed by atoms with Gasteiger partial charge in [-0.1, -0.05) is 56.3 Å². The van der Waals surface area contributed by atoms with Gasteiger partial charge in [0.15, 0.2) is 5.76 Å². The molecule has 11 heteroatoms. The second-order valence-corrected chi connectivity index (χ2v) is 12.0. The van der Waals surface area contributed by atoms with Crippen molar-refractivity contribution in [2.75, 3.05) is 18.7 Å². The van der Waals surface area contributed by atoms with Crippen LogP contribution in [0.5, 0.6) is 0 Å². The highest BCUT2D eigenvalue weighted by atomic mass is 79.9. The number of halogens is 1. The third kappa shape index (κ3) is 6.48. The first-order valence-electron chi connectivity index (χ1n) is 13.3. The molecular formula is C30H36BrN3O7. The third-order valence-corrected chi connectivity index (χ3v) is 7.10. The van der Waals surface area contributed by atoms with Crippen molar-refractivity contribution in [3.63, 3.8) is 0 Å². The minimum atomic E-state index is -2.22. The molecule has 41 heavy (non-hydrogen) atoms. The maximum absolute atomic E-state index is 13.9. The summed E-state index contributed by atoms with van der Waals surface area (Å²) in [6, 6.07) is 14.0. The molecule has 10 nitrogen and oxygen atoms in total. The zero-order chi connectivity index (χ0) is 29.9. The molecule has 0 saturated heterocycles. The van der Waals surface area contributed by atoms with Crippen LogP contribution in [-0.4, -0.2) is 41.5 Å². The van der Waals surface area contributed by atoms with E-state index in [9.17, 15) is 14.7 Å². The van der Waals surface area contributed by atoms with Crippen LogP contribution in [0.25, 0.3) is 0 Å². The predicted molar refractivity (Wildman–Crippen MR) is 155 cm³/mol. The number of fused-ring (bicyclic) bond motifs is 1. The zero-order valence-electron chi connectivity index (χ0n) is 24.1. The van der Waals surface area contributed by atoms with Crippen LogP contribution in [0.3, 0.4) is 0 Å². The molecule has 0 fully saturated rings. The van der Waals surface area contributed by atoms with Gasteiger partial charge in [-0.3, -0.25) is 9.69 Å². The van der Waals surface area contributed by atoms with Gasteiger partial charge >= 0.3 is 6.09 Å². The van der Waals surface area contributed by atoms with Crippen LogP contribution in [0.2, 0.25) is 0 Å². The van der Waals surface area contributed by atoms with Gasteiger partial charge in [0.25, 0.3) is 5.91 Å². The number of aromatic nitrogens is 1. The number of hydrogen-bond donors (Lipinski definition) is 2. The Bertz CT molecular complexity index is 1390. The van der Waals surface area contributed by atoms with E-state index >= 15 is 0 Å². The first kappa shape index (κ1) is 30.7. The number of rotatable bonds is 10. The molecule has 2 heterocycles. The number of nitrogens with one attached hydrogen (secondary N) is 1. The van der Waals surface area contributed by atoms with Crippen LogP contribution in [0.4, 0.5) is 10.5 Å². The van der Waals surface area contributed by atoms with Crippen LogP contribution < -0.4 is 10.2 Å². The van der Waals surface area contributed by atoms with Gasteiger partial charge in [-0.25, -0.2) is 9.78 Å². The number of amides is 2. The summed E-state index contributed by atoms with van der Waals surface area (Å²) in [4.78, 5) is 32.6. The summed E-state index contributed by atoms with van der Waals surface area (Å²) in [5, 5.41) is 15.0. The Labute approximate surface area is 248 Å². The highest BCUT2D eigenvalue weighted by Gasteiger charge is 2.56. The normalized spacial score (nSPS) is 17.6. The van der Waals surface area contributed by atoms with Crippen LogP contribution in [0, 0.1) is 5.92 Å². The first-order valence-corrected chi connectivity index (χ1v) is 14.1. The number of hydrogen-bond acceptors (Lipinski definition) is 8. The fourth-order valence-corrected chi connectivity index (χ4v) is 5.22. The molecule has 0 saturated carbocycles. The molecule has 4 rings (SSSR count). The van der Waals surface area contributed by atoms with E-state index in [1.807, 2.05) is 44.2 Å². The lowest BCUT2D eigenvalue weighted by Gasteiger charge is -2.24.